The van der Waals surface area contributed by atoms with Crippen LogP contribution in [0.25, 0.3) is 0 Å². The van der Waals surface area contributed by atoms with E-state index in [0.717, 1.165) is 18.4 Å². The van der Waals surface area contributed by atoms with Crippen LogP contribution in [0.15, 0.2) is 46.9 Å². The average molecular weight is 391 g/mol. The molecule has 4 nitrogen and oxygen atoms in total. The van der Waals surface area contributed by atoms with E-state index in [4.69, 9.17) is 5.73 Å². The maximum atomic E-state index is 14.0. The van der Waals surface area contributed by atoms with Gasteiger partial charge in [0.1, 0.15) is 5.82 Å². The molecule has 6 heteroatoms. The standard InChI is InChI=1S/C18H16BrFN2O2/c19-13-5-8-16(20)15(9-13)18(24)22(14-6-7-14)10-11-1-3-12(4-2-11)17(21)23/h1-5,8-9,14H,6-7,10H2,(H2,21,23). The normalized spacial score (nSPS) is 13.6. The fourth-order valence-electron chi connectivity index (χ4n) is 2.54. The SMILES string of the molecule is NC(=O)c1ccc(CN(C(=O)c2cc(Br)ccc2F)C2CC2)cc1. The summed E-state index contributed by atoms with van der Waals surface area (Å²) >= 11 is 3.27. The Bertz CT molecular complexity index is 788. The van der Waals surface area contributed by atoms with Crippen LogP contribution in [0.3, 0.4) is 0 Å². The Kier molecular flexibility index (Phi) is 4.66. The lowest BCUT2D eigenvalue weighted by Gasteiger charge is -2.23. The average Bonchev–Trinajstić information content (AvgIpc) is 3.39. The van der Waals surface area contributed by atoms with E-state index in [1.807, 2.05) is 0 Å². The van der Waals surface area contributed by atoms with Gasteiger partial charge in [-0.05, 0) is 48.7 Å². The summed E-state index contributed by atoms with van der Waals surface area (Å²) in [5.74, 6) is -1.35. The summed E-state index contributed by atoms with van der Waals surface area (Å²) in [4.78, 5) is 25.6. The van der Waals surface area contributed by atoms with Gasteiger partial charge in [-0.25, -0.2) is 4.39 Å². The fourth-order valence-corrected chi connectivity index (χ4v) is 2.90. The second-order valence-electron chi connectivity index (χ2n) is 5.85. The van der Waals surface area contributed by atoms with Gasteiger partial charge in [0.25, 0.3) is 5.91 Å². The minimum Gasteiger partial charge on any atom is -0.366 e. The van der Waals surface area contributed by atoms with Crippen LogP contribution >= 0.6 is 15.9 Å². The number of primary amides is 1. The molecule has 0 spiro atoms. The largest absolute Gasteiger partial charge is 0.366 e. The third kappa shape index (κ3) is 3.64. The molecule has 1 fully saturated rings. The number of nitrogens with two attached hydrogens (primary N) is 1. The molecule has 0 unspecified atom stereocenters. The van der Waals surface area contributed by atoms with Crippen LogP contribution < -0.4 is 5.73 Å². The number of carbonyl (C=O) groups is 2. The summed E-state index contributed by atoms with van der Waals surface area (Å²) in [5.41, 5.74) is 6.58. The molecule has 0 bridgehead atoms. The molecule has 0 heterocycles. The van der Waals surface area contributed by atoms with Crippen LogP contribution in [-0.4, -0.2) is 22.8 Å². The number of hydrogen-bond acceptors (Lipinski definition) is 2. The van der Waals surface area contributed by atoms with Gasteiger partial charge in [0, 0.05) is 22.6 Å². The van der Waals surface area contributed by atoms with Crippen LogP contribution in [0.2, 0.25) is 0 Å². The van der Waals surface area contributed by atoms with Crippen molar-refractivity contribution in [2.24, 2.45) is 5.73 Å². The molecule has 2 aromatic carbocycles. The Labute approximate surface area is 147 Å². The first-order chi connectivity index (χ1) is 11.5. The van der Waals surface area contributed by atoms with E-state index in [1.165, 1.54) is 12.1 Å². The Morgan fingerprint density at radius 2 is 1.83 bits per heavy atom. The predicted molar refractivity (Wildman–Crippen MR) is 92.0 cm³/mol. The molecule has 1 aliphatic rings. The zero-order valence-corrected chi connectivity index (χ0v) is 14.4. The number of halogens is 2. The highest BCUT2D eigenvalue weighted by Gasteiger charge is 2.34. The van der Waals surface area contributed by atoms with Crippen molar-refractivity contribution in [3.63, 3.8) is 0 Å². The number of carbonyl (C=O) groups excluding carboxylic acids is 2. The van der Waals surface area contributed by atoms with Gasteiger partial charge in [-0.15, -0.1) is 0 Å². The third-order valence-electron chi connectivity index (χ3n) is 4.00. The van der Waals surface area contributed by atoms with E-state index in [2.05, 4.69) is 15.9 Å². The fraction of sp³-hybridized carbons (Fsp3) is 0.222. The van der Waals surface area contributed by atoms with Crippen molar-refractivity contribution < 1.29 is 14.0 Å². The van der Waals surface area contributed by atoms with Gasteiger partial charge in [0.05, 0.1) is 5.56 Å². The molecule has 1 saturated carbocycles. The maximum absolute atomic E-state index is 14.0. The minimum atomic E-state index is -0.530. The second-order valence-corrected chi connectivity index (χ2v) is 6.77. The number of amides is 2. The lowest BCUT2D eigenvalue weighted by Crippen LogP contribution is -2.33. The Morgan fingerprint density at radius 1 is 1.17 bits per heavy atom. The molecule has 24 heavy (non-hydrogen) atoms. The molecule has 0 aliphatic heterocycles. The number of benzene rings is 2. The van der Waals surface area contributed by atoms with Crippen LogP contribution in [0.4, 0.5) is 4.39 Å². The first-order valence-electron chi connectivity index (χ1n) is 7.60. The highest BCUT2D eigenvalue weighted by Crippen LogP contribution is 2.31. The second kappa shape index (κ2) is 6.73. The van der Waals surface area contributed by atoms with Gasteiger partial charge >= 0.3 is 0 Å². The van der Waals surface area contributed by atoms with Crippen molar-refractivity contribution in [3.8, 4) is 0 Å². The third-order valence-corrected chi connectivity index (χ3v) is 4.49. The van der Waals surface area contributed by atoms with E-state index in [0.29, 0.717) is 16.6 Å². The molecular weight excluding hydrogens is 375 g/mol. The van der Waals surface area contributed by atoms with Crippen molar-refractivity contribution in [3.05, 3.63) is 69.4 Å². The smallest absolute Gasteiger partial charge is 0.257 e. The molecule has 0 radical (unpaired) electrons. The molecule has 0 aromatic heterocycles. The van der Waals surface area contributed by atoms with Gasteiger partial charge in [-0.3, -0.25) is 9.59 Å². The van der Waals surface area contributed by atoms with Gasteiger partial charge in [0.2, 0.25) is 5.91 Å². The molecular formula is C18H16BrFN2O2. The maximum Gasteiger partial charge on any atom is 0.257 e. The van der Waals surface area contributed by atoms with E-state index in [-0.39, 0.29) is 17.5 Å². The monoisotopic (exact) mass is 390 g/mol. The lowest BCUT2D eigenvalue weighted by molar-refractivity contribution is 0.0724. The molecule has 3 rings (SSSR count). The minimum absolute atomic E-state index is 0.0602. The van der Waals surface area contributed by atoms with Crippen molar-refractivity contribution in [2.45, 2.75) is 25.4 Å². The van der Waals surface area contributed by atoms with Gasteiger partial charge in [-0.2, -0.15) is 0 Å². The Morgan fingerprint density at radius 3 is 2.42 bits per heavy atom. The van der Waals surface area contributed by atoms with Crippen LogP contribution in [0.5, 0.6) is 0 Å². The van der Waals surface area contributed by atoms with Crippen molar-refractivity contribution in [1.82, 2.24) is 4.90 Å². The van der Waals surface area contributed by atoms with Crippen molar-refractivity contribution in [2.75, 3.05) is 0 Å². The molecule has 2 amide bonds. The summed E-state index contributed by atoms with van der Waals surface area (Å²) in [6.45, 7) is 0.370. The molecule has 0 saturated heterocycles. The lowest BCUT2D eigenvalue weighted by atomic mass is 10.1. The molecule has 2 aromatic rings. The van der Waals surface area contributed by atoms with Crippen LogP contribution in [-0.2, 0) is 6.54 Å². The quantitative estimate of drug-likeness (QED) is 0.848. The van der Waals surface area contributed by atoms with E-state index in [9.17, 15) is 14.0 Å². The summed E-state index contributed by atoms with van der Waals surface area (Å²) in [6.07, 6.45) is 1.83. The summed E-state index contributed by atoms with van der Waals surface area (Å²) in [7, 11) is 0. The summed E-state index contributed by atoms with van der Waals surface area (Å²) < 4.78 is 14.7. The molecule has 0 atom stereocenters. The van der Waals surface area contributed by atoms with Gasteiger partial charge < -0.3 is 10.6 Å². The van der Waals surface area contributed by atoms with Crippen molar-refractivity contribution in [1.29, 1.82) is 0 Å². The molecule has 2 N–H and O–H groups in total. The number of nitrogens with zero attached hydrogens (tertiary/aromatic N) is 1. The first-order valence-corrected chi connectivity index (χ1v) is 8.40. The summed E-state index contributed by atoms with van der Waals surface area (Å²) in [6, 6.07) is 11.3. The highest BCUT2D eigenvalue weighted by atomic mass is 79.9. The van der Waals surface area contributed by atoms with E-state index >= 15 is 0 Å². The van der Waals surface area contributed by atoms with E-state index in [1.54, 1.807) is 35.2 Å². The molecule has 1 aliphatic carbocycles. The zero-order valence-electron chi connectivity index (χ0n) is 12.8. The van der Waals surface area contributed by atoms with Gasteiger partial charge in [-0.1, -0.05) is 28.1 Å². The predicted octanol–water partition coefficient (Wildman–Crippen LogP) is 3.49. The highest BCUT2D eigenvalue weighted by molar-refractivity contribution is 9.10. The Balaban J connectivity index is 1.83. The number of hydrogen-bond donors (Lipinski definition) is 1. The van der Waals surface area contributed by atoms with E-state index < -0.39 is 11.7 Å². The first kappa shape index (κ1) is 16.6. The zero-order chi connectivity index (χ0) is 17.3. The molecule has 124 valence electrons. The van der Waals surface area contributed by atoms with Gasteiger partial charge in [0.15, 0.2) is 0 Å². The number of rotatable bonds is 5. The summed E-state index contributed by atoms with van der Waals surface area (Å²) in [5, 5.41) is 0. The Hall–Kier alpha value is -2.21. The topological polar surface area (TPSA) is 63.4 Å². The van der Waals surface area contributed by atoms with Crippen LogP contribution in [0, 0.1) is 5.82 Å². The van der Waals surface area contributed by atoms with Crippen molar-refractivity contribution >= 4 is 27.7 Å². The van der Waals surface area contributed by atoms with Crippen LogP contribution in [0.1, 0.15) is 39.1 Å².